The Morgan fingerprint density at radius 3 is 2.62 bits per heavy atom. The maximum Gasteiger partial charge on any atom is 0.278 e. The Hall–Kier alpha value is -2.84. The quantitative estimate of drug-likeness (QED) is 0.335. The summed E-state index contributed by atoms with van der Waals surface area (Å²) >= 11 is 4.60. The number of fused-ring (bicyclic) bond motifs is 1. The van der Waals surface area contributed by atoms with Crippen molar-refractivity contribution in [3.63, 3.8) is 0 Å². The van der Waals surface area contributed by atoms with Crippen molar-refractivity contribution in [2.75, 3.05) is 11.1 Å². The van der Waals surface area contributed by atoms with Crippen LogP contribution in [0.1, 0.15) is 0 Å². The van der Waals surface area contributed by atoms with Crippen molar-refractivity contribution >= 4 is 50.3 Å². The van der Waals surface area contributed by atoms with Crippen molar-refractivity contribution in [1.82, 2.24) is 14.5 Å². The van der Waals surface area contributed by atoms with E-state index in [9.17, 15) is 9.59 Å². The number of carbonyl (C=O) groups is 1. The van der Waals surface area contributed by atoms with Gasteiger partial charge in [-0.05, 0) is 29.8 Å². The van der Waals surface area contributed by atoms with Gasteiger partial charge in [0, 0.05) is 29.0 Å². The number of aromatic amines is 1. The first-order valence-electron chi connectivity index (χ1n) is 8.84. The number of rotatable bonds is 5. The lowest BCUT2D eigenvalue weighted by Gasteiger charge is -2.09. The third-order valence-corrected chi connectivity index (χ3v) is 5.97. The molecule has 0 saturated heterocycles. The minimum atomic E-state index is -0.173. The van der Waals surface area contributed by atoms with E-state index in [0.717, 1.165) is 15.6 Å². The Labute approximate surface area is 179 Å². The van der Waals surface area contributed by atoms with Gasteiger partial charge in [0.1, 0.15) is 11.0 Å². The smallest absolute Gasteiger partial charge is 0.278 e. The Morgan fingerprint density at radius 1 is 1.17 bits per heavy atom. The molecule has 29 heavy (non-hydrogen) atoms. The van der Waals surface area contributed by atoms with Gasteiger partial charge in [-0.1, -0.05) is 58.0 Å². The van der Waals surface area contributed by atoms with Crippen LogP contribution in [0.25, 0.3) is 22.2 Å². The molecule has 0 fully saturated rings. The molecule has 0 bridgehead atoms. The van der Waals surface area contributed by atoms with Gasteiger partial charge < -0.3 is 10.3 Å². The maximum absolute atomic E-state index is 12.7. The summed E-state index contributed by atoms with van der Waals surface area (Å²) in [6, 6.07) is 17.1. The largest absolute Gasteiger partial charge is 0.355 e. The van der Waals surface area contributed by atoms with Crippen LogP contribution in [-0.4, -0.2) is 26.2 Å². The Bertz CT molecular complexity index is 1230. The number of nitrogens with one attached hydrogen (secondary N) is 2. The van der Waals surface area contributed by atoms with Crippen molar-refractivity contribution in [3.05, 3.63) is 75.6 Å². The molecule has 0 radical (unpaired) electrons. The molecule has 6 nitrogen and oxygen atoms in total. The van der Waals surface area contributed by atoms with Crippen molar-refractivity contribution in [3.8, 4) is 11.1 Å². The molecule has 0 aliphatic heterocycles. The summed E-state index contributed by atoms with van der Waals surface area (Å²) in [5.74, 6) is -0.0172. The van der Waals surface area contributed by atoms with E-state index in [1.165, 1.54) is 16.3 Å². The lowest BCUT2D eigenvalue weighted by Crippen LogP contribution is -2.21. The second kappa shape index (κ2) is 8.26. The van der Waals surface area contributed by atoms with E-state index in [-0.39, 0.29) is 17.2 Å². The lowest BCUT2D eigenvalue weighted by molar-refractivity contribution is -0.113. The van der Waals surface area contributed by atoms with Gasteiger partial charge in [-0.15, -0.1) is 0 Å². The van der Waals surface area contributed by atoms with E-state index in [0.29, 0.717) is 21.9 Å². The summed E-state index contributed by atoms with van der Waals surface area (Å²) in [4.78, 5) is 32.7. The SMILES string of the molecule is Cn1c(SCC(=O)Nc2ccc(Br)cc2)nc2c(-c3ccccc3)c[nH]c2c1=O. The highest BCUT2D eigenvalue weighted by Gasteiger charge is 2.16. The summed E-state index contributed by atoms with van der Waals surface area (Å²) in [7, 11) is 1.66. The van der Waals surface area contributed by atoms with E-state index < -0.39 is 0 Å². The second-order valence-electron chi connectivity index (χ2n) is 6.39. The summed E-state index contributed by atoms with van der Waals surface area (Å²) in [6.45, 7) is 0. The molecule has 0 spiro atoms. The van der Waals surface area contributed by atoms with Gasteiger partial charge in [-0.2, -0.15) is 0 Å². The number of amides is 1. The molecule has 0 unspecified atom stereocenters. The number of aromatic nitrogens is 3. The zero-order chi connectivity index (χ0) is 20.4. The lowest BCUT2D eigenvalue weighted by atomic mass is 10.1. The van der Waals surface area contributed by atoms with Crippen LogP contribution in [0, 0.1) is 0 Å². The topological polar surface area (TPSA) is 79.8 Å². The van der Waals surface area contributed by atoms with Crippen molar-refractivity contribution in [1.29, 1.82) is 0 Å². The molecule has 4 aromatic rings. The minimum absolute atomic E-state index is 0.146. The molecule has 0 atom stereocenters. The first kappa shape index (κ1) is 19.5. The molecule has 0 aliphatic rings. The predicted octanol–water partition coefficient (Wildman–Crippen LogP) is 4.42. The molecule has 2 aromatic heterocycles. The summed E-state index contributed by atoms with van der Waals surface area (Å²) in [6.07, 6.45) is 1.79. The average molecular weight is 469 g/mol. The number of hydrogen-bond donors (Lipinski definition) is 2. The van der Waals surface area contributed by atoms with Gasteiger partial charge >= 0.3 is 0 Å². The zero-order valence-corrected chi connectivity index (χ0v) is 17.9. The standard InChI is InChI=1S/C21H17BrN4O2S/c1-26-20(28)19-18(16(11-23-19)13-5-3-2-4-6-13)25-21(26)29-12-17(27)24-15-9-7-14(22)8-10-15/h2-11,23H,12H2,1H3,(H,24,27). The minimum Gasteiger partial charge on any atom is -0.355 e. The van der Waals surface area contributed by atoms with E-state index >= 15 is 0 Å². The van der Waals surface area contributed by atoms with Gasteiger partial charge in [-0.3, -0.25) is 14.2 Å². The van der Waals surface area contributed by atoms with E-state index in [1.54, 1.807) is 13.2 Å². The molecule has 2 N–H and O–H groups in total. The fourth-order valence-electron chi connectivity index (χ4n) is 2.95. The second-order valence-corrected chi connectivity index (χ2v) is 8.25. The fourth-order valence-corrected chi connectivity index (χ4v) is 3.98. The van der Waals surface area contributed by atoms with Crippen molar-refractivity contribution < 1.29 is 4.79 Å². The molecule has 0 saturated carbocycles. The van der Waals surface area contributed by atoms with Gasteiger partial charge in [0.15, 0.2) is 5.16 Å². The van der Waals surface area contributed by atoms with Gasteiger partial charge in [0.25, 0.3) is 5.56 Å². The third-order valence-electron chi connectivity index (χ3n) is 4.41. The number of thioether (sulfide) groups is 1. The number of anilines is 1. The van der Waals surface area contributed by atoms with Gasteiger partial charge in [0.05, 0.1) is 5.75 Å². The molecule has 2 heterocycles. The molecule has 1 amide bonds. The summed E-state index contributed by atoms with van der Waals surface area (Å²) < 4.78 is 2.41. The highest BCUT2D eigenvalue weighted by molar-refractivity contribution is 9.10. The highest BCUT2D eigenvalue weighted by atomic mass is 79.9. The van der Waals surface area contributed by atoms with Crippen LogP contribution in [0.2, 0.25) is 0 Å². The van der Waals surface area contributed by atoms with Crippen LogP contribution >= 0.6 is 27.7 Å². The zero-order valence-electron chi connectivity index (χ0n) is 15.5. The van der Waals surface area contributed by atoms with Crippen LogP contribution in [0.15, 0.2) is 75.2 Å². The van der Waals surface area contributed by atoms with Crippen molar-refractivity contribution in [2.24, 2.45) is 7.05 Å². The third kappa shape index (κ3) is 4.13. The number of nitrogens with zero attached hydrogens (tertiary/aromatic N) is 2. The number of benzene rings is 2. The first-order chi connectivity index (χ1) is 14.0. The van der Waals surface area contributed by atoms with E-state index in [1.807, 2.05) is 54.6 Å². The molecule has 0 aliphatic carbocycles. The normalized spacial score (nSPS) is 11.0. The monoisotopic (exact) mass is 468 g/mol. The van der Waals surface area contributed by atoms with Gasteiger partial charge in [-0.25, -0.2) is 4.98 Å². The number of H-pyrrole nitrogens is 1. The van der Waals surface area contributed by atoms with Crippen LogP contribution in [-0.2, 0) is 11.8 Å². The van der Waals surface area contributed by atoms with Crippen LogP contribution in [0.5, 0.6) is 0 Å². The van der Waals surface area contributed by atoms with Crippen molar-refractivity contribution in [2.45, 2.75) is 5.16 Å². The molecule has 146 valence electrons. The van der Waals surface area contributed by atoms with Crippen LogP contribution in [0.3, 0.4) is 0 Å². The number of carbonyl (C=O) groups excluding carboxylic acids is 1. The van der Waals surface area contributed by atoms with E-state index in [2.05, 4.69) is 31.2 Å². The average Bonchev–Trinajstić information content (AvgIpc) is 3.16. The summed E-state index contributed by atoms with van der Waals surface area (Å²) in [5.41, 5.74) is 3.44. The predicted molar refractivity (Wildman–Crippen MR) is 120 cm³/mol. The van der Waals surface area contributed by atoms with Gasteiger partial charge in [0.2, 0.25) is 5.91 Å². The maximum atomic E-state index is 12.7. The molecule has 4 rings (SSSR count). The summed E-state index contributed by atoms with van der Waals surface area (Å²) in [5, 5.41) is 3.33. The molecular formula is C21H17BrN4O2S. The van der Waals surface area contributed by atoms with Crippen LogP contribution < -0.4 is 10.9 Å². The Morgan fingerprint density at radius 2 is 1.90 bits per heavy atom. The van der Waals surface area contributed by atoms with E-state index in [4.69, 9.17) is 0 Å². The Kier molecular flexibility index (Phi) is 5.55. The fraction of sp³-hybridized carbons (Fsp3) is 0.0952. The Balaban J connectivity index is 1.58. The highest BCUT2D eigenvalue weighted by Crippen LogP contribution is 2.27. The molecule has 8 heteroatoms. The first-order valence-corrected chi connectivity index (χ1v) is 10.6. The molecular weight excluding hydrogens is 452 g/mol. The number of halogens is 1. The number of hydrogen-bond acceptors (Lipinski definition) is 4. The molecule has 2 aromatic carbocycles. The van der Waals surface area contributed by atoms with Crippen LogP contribution in [0.4, 0.5) is 5.69 Å².